The minimum Gasteiger partial charge on any atom is -0.313 e. The second-order valence-electron chi connectivity index (χ2n) is 4.53. The third kappa shape index (κ3) is 6.88. The Hall–Kier alpha value is -1.12. The van der Waals surface area contributed by atoms with Crippen molar-refractivity contribution in [3.8, 4) is 0 Å². The number of sulfone groups is 1. The molecule has 0 saturated heterocycles. The predicted molar refractivity (Wildman–Crippen MR) is 80.9 cm³/mol. The Bertz CT molecular complexity index is 639. The molecular weight excluding hydrogens is 300 g/mol. The molecule has 0 atom stereocenters. The number of benzene rings is 1. The van der Waals surface area contributed by atoms with Gasteiger partial charge in [-0.2, -0.15) is 0 Å². The molecule has 0 aliphatic carbocycles. The monoisotopic (exact) mass is 320 g/mol. The molecule has 0 radical (unpaired) electrons. The van der Waals surface area contributed by atoms with Crippen LogP contribution in [0.1, 0.15) is 12.5 Å². The molecule has 0 aliphatic heterocycles. The van der Waals surface area contributed by atoms with E-state index in [1.54, 1.807) is 18.2 Å². The lowest BCUT2D eigenvalue weighted by Gasteiger charge is -2.09. The zero-order chi connectivity index (χ0) is 15.2. The van der Waals surface area contributed by atoms with E-state index >= 15 is 0 Å². The van der Waals surface area contributed by atoms with Crippen LogP contribution in [0.4, 0.5) is 5.69 Å². The van der Waals surface area contributed by atoms with E-state index in [9.17, 15) is 16.8 Å². The van der Waals surface area contributed by atoms with Crippen molar-refractivity contribution >= 4 is 25.5 Å². The van der Waals surface area contributed by atoms with Gasteiger partial charge in [0, 0.05) is 18.5 Å². The van der Waals surface area contributed by atoms with Crippen LogP contribution in [0.5, 0.6) is 0 Å². The van der Waals surface area contributed by atoms with E-state index in [1.807, 2.05) is 13.0 Å². The fraction of sp³-hybridized carbons (Fsp3) is 0.500. The van der Waals surface area contributed by atoms with Crippen LogP contribution in [0.2, 0.25) is 0 Å². The average Bonchev–Trinajstić information content (AvgIpc) is 2.33. The molecule has 1 aromatic carbocycles. The second kappa shape index (κ2) is 7.05. The standard InChI is InChI=1S/C12H20N2O4S2/c1-3-13-10-11-5-4-6-12(9-11)14-20(17,18)8-7-19(2,15)16/h4-6,9,13-14H,3,7-8,10H2,1-2H3. The molecule has 8 heteroatoms. The molecule has 2 N–H and O–H groups in total. The molecule has 0 heterocycles. The van der Waals surface area contributed by atoms with Crippen molar-refractivity contribution in [3.63, 3.8) is 0 Å². The van der Waals surface area contributed by atoms with Gasteiger partial charge in [0.05, 0.1) is 11.5 Å². The summed E-state index contributed by atoms with van der Waals surface area (Å²) in [6.07, 6.45) is 1.01. The van der Waals surface area contributed by atoms with Gasteiger partial charge in [-0.25, -0.2) is 16.8 Å². The Balaban J connectivity index is 2.72. The summed E-state index contributed by atoms with van der Waals surface area (Å²) < 4.78 is 48.0. The summed E-state index contributed by atoms with van der Waals surface area (Å²) in [4.78, 5) is 0. The van der Waals surface area contributed by atoms with Crippen LogP contribution < -0.4 is 10.0 Å². The summed E-state index contributed by atoms with van der Waals surface area (Å²) >= 11 is 0. The lowest BCUT2D eigenvalue weighted by molar-refractivity contribution is 0.593. The van der Waals surface area contributed by atoms with Crippen molar-refractivity contribution in [2.75, 3.05) is 29.0 Å². The van der Waals surface area contributed by atoms with Gasteiger partial charge < -0.3 is 5.32 Å². The summed E-state index contributed by atoms with van der Waals surface area (Å²) in [5.74, 6) is -0.831. The van der Waals surface area contributed by atoms with Gasteiger partial charge in [-0.3, -0.25) is 4.72 Å². The minimum atomic E-state index is -3.65. The van der Waals surface area contributed by atoms with Gasteiger partial charge in [-0.05, 0) is 24.2 Å². The molecule has 0 amide bonds. The molecule has 0 unspecified atom stereocenters. The van der Waals surface area contributed by atoms with Crippen molar-refractivity contribution < 1.29 is 16.8 Å². The van der Waals surface area contributed by atoms with E-state index in [1.165, 1.54) is 0 Å². The summed E-state index contributed by atoms with van der Waals surface area (Å²) in [5, 5.41) is 3.14. The molecule has 0 fully saturated rings. The summed E-state index contributed by atoms with van der Waals surface area (Å²) in [6, 6.07) is 6.99. The molecule has 0 spiro atoms. The fourth-order valence-corrected chi connectivity index (χ4v) is 4.18. The van der Waals surface area contributed by atoms with E-state index in [-0.39, 0.29) is 5.75 Å². The Morgan fingerprint density at radius 2 is 1.80 bits per heavy atom. The van der Waals surface area contributed by atoms with Crippen molar-refractivity contribution in [1.29, 1.82) is 0 Å². The molecule has 20 heavy (non-hydrogen) atoms. The lowest BCUT2D eigenvalue weighted by Crippen LogP contribution is -2.22. The molecular formula is C12H20N2O4S2. The SMILES string of the molecule is CCNCc1cccc(NS(=O)(=O)CCS(C)(=O)=O)c1. The van der Waals surface area contributed by atoms with Crippen LogP contribution in [0, 0.1) is 0 Å². The van der Waals surface area contributed by atoms with Crippen molar-refractivity contribution in [2.24, 2.45) is 0 Å². The van der Waals surface area contributed by atoms with Gasteiger partial charge in [-0.1, -0.05) is 19.1 Å². The van der Waals surface area contributed by atoms with Gasteiger partial charge >= 0.3 is 0 Å². The average molecular weight is 320 g/mol. The fourth-order valence-electron chi connectivity index (χ4n) is 1.51. The van der Waals surface area contributed by atoms with Gasteiger partial charge in [0.25, 0.3) is 0 Å². The van der Waals surface area contributed by atoms with Crippen LogP contribution in [0.15, 0.2) is 24.3 Å². The highest BCUT2D eigenvalue weighted by molar-refractivity contribution is 7.95. The zero-order valence-electron chi connectivity index (χ0n) is 11.6. The lowest BCUT2D eigenvalue weighted by atomic mass is 10.2. The highest BCUT2D eigenvalue weighted by Gasteiger charge is 2.14. The predicted octanol–water partition coefficient (Wildman–Crippen LogP) is 0.582. The number of hydrogen-bond acceptors (Lipinski definition) is 5. The van der Waals surface area contributed by atoms with Crippen molar-refractivity contribution in [3.05, 3.63) is 29.8 Å². The number of anilines is 1. The third-order valence-electron chi connectivity index (χ3n) is 2.50. The maximum atomic E-state index is 11.8. The largest absolute Gasteiger partial charge is 0.313 e. The Labute approximate surface area is 120 Å². The first-order chi connectivity index (χ1) is 9.22. The topological polar surface area (TPSA) is 92.3 Å². The molecule has 1 aromatic rings. The van der Waals surface area contributed by atoms with E-state index in [4.69, 9.17) is 0 Å². The maximum absolute atomic E-state index is 11.8. The molecule has 114 valence electrons. The van der Waals surface area contributed by atoms with E-state index < -0.39 is 25.6 Å². The molecule has 0 bridgehead atoms. The van der Waals surface area contributed by atoms with Crippen LogP contribution in [-0.2, 0) is 26.4 Å². The Kier molecular flexibility index (Phi) is 5.97. The van der Waals surface area contributed by atoms with Gasteiger partial charge in [0.15, 0.2) is 0 Å². The van der Waals surface area contributed by atoms with Gasteiger partial charge in [0.2, 0.25) is 10.0 Å². The van der Waals surface area contributed by atoms with Gasteiger partial charge in [-0.15, -0.1) is 0 Å². The highest BCUT2D eigenvalue weighted by Crippen LogP contribution is 2.12. The second-order valence-corrected chi connectivity index (χ2v) is 8.63. The van der Waals surface area contributed by atoms with Crippen LogP contribution in [-0.4, -0.2) is 41.1 Å². The molecule has 0 aliphatic rings. The number of hydrogen-bond donors (Lipinski definition) is 2. The van der Waals surface area contributed by atoms with Crippen LogP contribution in [0.25, 0.3) is 0 Å². The first-order valence-electron chi connectivity index (χ1n) is 6.20. The molecule has 0 saturated carbocycles. The van der Waals surface area contributed by atoms with Crippen molar-refractivity contribution in [2.45, 2.75) is 13.5 Å². The maximum Gasteiger partial charge on any atom is 0.233 e. The third-order valence-corrected chi connectivity index (χ3v) is 4.99. The first kappa shape index (κ1) is 16.9. The first-order valence-corrected chi connectivity index (χ1v) is 9.91. The van der Waals surface area contributed by atoms with Gasteiger partial charge in [0.1, 0.15) is 9.84 Å². The zero-order valence-corrected chi connectivity index (χ0v) is 13.2. The van der Waals surface area contributed by atoms with E-state index in [0.717, 1.165) is 18.4 Å². The summed E-state index contributed by atoms with van der Waals surface area (Å²) in [6.45, 7) is 3.46. The smallest absolute Gasteiger partial charge is 0.233 e. The molecule has 6 nitrogen and oxygen atoms in total. The molecule has 1 rings (SSSR count). The summed E-state index contributed by atoms with van der Waals surface area (Å²) in [7, 11) is -6.95. The Morgan fingerprint density at radius 1 is 1.10 bits per heavy atom. The van der Waals surface area contributed by atoms with E-state index in [0.29, 0.717) is 12.2 Å². The highest BCUT2D eigenvalue weighted by atomic mass is 32.2. The summed E-state index contributed by atoms with van der Waals surface area (Å²) in [5.41, 5.74) is 1.39. The molecule has 0 aromatic heterocycles. The normalized spacial score (nSPS) is 12.3. The van der Waals surface area contributed by atoms with Crippen LogP contribution >= 0.6 is 0 Å². The number of nitrogens with one attached hydrogen (secondary N) is 2. The Morgan fingerprint density at radius 3 is 2.40 bits per heavy atom. The number of rotatable bonds is 8. The van der Waals surface area contributed by atoms with E-state index in [2.05, 4.69) is 10.0 Å². The minimum absolute atomic E-state index is 0.389. The number of sulfonamides is 1. The quantitative estimate of drug-likeness (QED) is 0.731. The van der Waals surface area contributed by atoms with Crippen molar-refractivity contribution in [1.82, 2.24) is 5.32 Å². The van der Waals surface area contributed by atoms with Crippen LogP contribution in [0.3, 0.4) is 0 Å².